The molecule has 0 atom stereocenters. The lowest BCUT2D eigenvalue weighted by Gasteiger charge is -2.06. The summed E-state index contributed by atoms with van der Waals surface area (Å²) in [6.07, 6.45) is 1.41. The first-order chi connectivity index (χ1) is 9.04. The number of pyridine rings is 1. The van der Waals surface area contributed by atoms with Crippen LogP contribution in [0.25, 0.3) is 16.9 Å². The Labute approximate surface area is 111 Å². The SMILES string of the molecule is Nc1nc2cc(Cl)cnc2n1-c1cc(F)cc(F)c1. The summed E-state index contributed by atoms with van der Waals surface area (Å²) in [5.74, 6) is -1.33. The highest BCUT2D eigenvalue weighted by Crippen LogP contribution is 2.24. The van der Waals surface area contributed by atoms with Gasteiger partial charge in [0.05, 0.1) is 10.7 Å². The van der Waals surface area contributed by atoms with Gasteiger partial charge in [0.25, 0.3) is 0 Å². The molecule has 0 unspecified atom stereocenters. The van der Waals surface area contributed by atoms with Crippen LogP contribution in [0.3, 0.4) is 0 Å². The number of rotatable bonds is 1. The van der Waals surface area contributed by atoms with E-state index in [0.717, 1.165) is 18.2 Å². The first kappa shape index (κ1) is 11.9. The highest BCUT2D eigenvalue weighted by Gasteiger charge is 2.13. The Balaban J connectivity index is 2.32. The fraction of sp³-hybridized carbons (Fsp3) is 0. The van der Waals surface area contributed by atoms with Crippen LogP contribution in [0.2, 0.25) is 5.02 Å². The Kier molecular flexibility index (Phi) is 2.60. The lowest BCUT2D eigenvalue weighted by atomic mass is 10.3. The molecule has 1 aromatic carbocycles. The Morgan fingerprint density at radius 1 is 1.11 bits per heavy atom. The molecule has 0 amide bonds. The summed E-state index contributed by atoms with van der Waals surface area (Å²) < 4.78 is 27.9. The lowest BCUT2D eigenvalue weighted by Crippen LogP contribution is -2.02. The average molecular weight is 281 g/mol. The predicted molar refractivity (Wildman–Crippen MR) is 68.2 cm³/mol. The second kappa shape index (κ2) is 4.17. The van der Waals surface area contributed by atoms with Crippen molar-refractivity contribution in [3.63, 3.8) is 0 Å². The third-order valence-corrected chi connectivity index (χ3v) is 2.80. The van der Waals surface area contributed by atoms with Gasteiger partial charge in [-0.25, -0.2) is 18.7 Å². The van der Waals surface area contributed by atoms with Crippen LogP contribution in [0.5, 0.6) is 0 Å². The molecule has 0 aliphatic heterocycles. The number of anilines is 1. The third-order valence-electron chi connectivity index (χ3n) is 2.60. The van der Waals surface area contributed by atoms with Crippen LogP contribution in [0.4, 0.5) is 14.7 Å². The van der Waals surface area contributed by atoms with Crippen molar-refractivity contribution in [1.29, 1.82) is 0 Å². The fourth-order valence-corrected chi connectivity index (χ4v) is 2.03. The largest absolute Gasteiger partial charge is 0.369 e. The standard InChI is InChI=1S/C12H7ClF2N4/c13-6-1-10-11(17-5-6)19(12(16)18-10)9-3-7(14)2-8(15)4-9/h1-5H,(H2,16,18). The predicted octanol–water partition coefficient (Wildman–Crippen LogP) is 2.93. The van der Waals surface area contributed by atoms with E-state index in [1.807, 2.05) is 0 Å². The molecule has 0 aliphatic carbocycles. The Bertz CT molecular complexity index is 764. The summed E-state index contributed by atoms with van der Waals surface area (Å²) in [4.78, 5) is 8.14. The number of hydrogen-bond donors (Lipinski definition) is 1. The molecule has 7 heteroatoms. The summed E-state index contributed by atoms with van der Waals surface area (Å²) >= 11 is 5.80. The summed E-state index contributed by atoms with van der Waals surface area (Å²) in [5.41, 5.74) is 6.81. The maximum absolute atomic E-state index is 13.3. The van der Waals surface area contributed by atoms with Crippen molar-refractivity contribution >= 4 is 28.7 Å². The molecule has 0 saturated heterocycles. The Morgan fingerprint density at radius 3 is 2.47 bits per heavy atom. The number of nitrogens with two attached hydrogens (primary N) is 1. The molecule has 2 aromatic heterocycles. The van der Waals surface area contributed by atoms with Gasteiger partial charge < -0.3 is 5.73 Å². The minimum absolute atomic E-state index is 0.0785. The minimum Gasteiger partial charge on any atom is -0.369 e. The average Bonchev–Trinajstić information content (AvgIpc) is 2.62. The first-order valence-electron chi connectivity index (χ1n) is 5.30. The topological polar surface area (TPSA) is 56.7 Å². The monoisotopic (exact) mass is 280 g/mol. The van der Waals surface area contributed by atoms with Crippen LogP contribution in [0, 0.1) is 11.6 Å². The van der Waals surface area contributed by atoms with Gasteiger partial charge >= 0.3 is 0 Å². The van der Waals surface area contributed by atoms with Gasteiger partial charge in [0, 0.05) is 12.3 Å². The van der Waals surface area contributed by atoms with Gasteiger partial charge in [-0.3, -0.25) is 4.57 Å². The van der Waals surface area contributed by atoms with Gasteiger partial charge in [-0.05, 0) is 18.2 Å². The van der Waals surface area contributed by atoms with Crippen LogP contribution >= 0.6 is 11.6 Å². The number of halogens is 3. The normalized spacial score (nSPS) is 11.1. The van der Waals surface area contributed by atoms with Crippen molar-refractivity contribution in [1.82, 2.24) is 14.5 Å². The van der Waals surface area contributed by atoms with E-state index in [1.165, 1.54) is 10.8 Å². The van der Waals surface area contributed by atoms with Gasteiger partial charge in [0.15, 0.2) is 5.65 Å². The van der Waals surface area contributed by atoms with Gasteiger partial charge in [0.1, 0.15) is 17.2 Å². The molecule has 3 aromatic rings. The molecule has 2 heterocycles. The molecule has 0 bridgehead atoms. The van der Waals surface area contributed by atoms with Crippen LogP contribution in [0.1, 0.15) is 0 Å². The maximum Gasteiger partial charge on any atom is 0.207 e. The Morgan fingerprint density at radius 2 is 1.79 bits per heavy atom. The van der Waals surface area contributed by atoms with E-state index in [9.17, 15) is 8.78 Å². The molecule has 19 heavy (non-hydrogen) atoms. The van der Waals surface area contributed by atoms with Crippen molar-refractivity contribution in [3.8, 4) is 5.69 Å². The van der Waals surface area contributed by atoms with Crippen molar-refractivity contribution in [2.45, 2.75) is 0 Å². The van der Waals surface area contributed by atoms with E-state index >= 15 is 0 Å². The minimum atomic E-state index is -0.704. The van der Waals surface area contributed by atoms with Crippen LogP contribution < -0.4 is 5.73 Å². The molecular weight excluding hydrogens is 274 g/mol. The fourth-order valence-electron chi connectivity index (χ4n) is 1.88. The quantitative estimate of drug-likeness (QED) is 0.745. The number of hydrogen-bond acceptors (Lipinski definition) is 3. The molecule has 0 saturated carbocycles. The number of benzene rings is 1. The zero-order chi connectivity index (χ0) is 13.6. The second-order valence-corrected chi connectivity index (χ2v) is 4.37. The van der Waals surface area contributed by atoms with Crippen LogP contribution in [-0.4, -0.2) is 14.5 Å². The molecular formula is C12H7ClF2N4. The van der Waals surface area contributed by atoms with E-state index in [0.29, 0.717) is 16.2 Å². The number of imidazole rings is 1. The van der Waals surface area contributed by atoms with Gasteiger partial charge in [-0.15, -0.1) is 0 Å². The smallest absolute Gasteiger partial charge is 0.207 e. The molecule has 0 spiro atoms. The third kappa shape index (κ3) is 2.00. The molecule has 3 rings (SSSR count). The van der Waals surface area contributed by atoms with E-state index in [-0.39, 0.29) is 11.6 Å². The first-order valence-corrected chi connectivity index (χ1v) is 5.68. The second-order valence-electron chi connectivity index (χ2n) is 3.93. The molecule has 4 nitrogen and oxygen atoms in total. The Hall–Kier alpha value is -2.21. The summed E-state index contributed by atoms with van der Waals surface area (Å²) in [6, 6.07) is 4.66. The number of nitrogen functional groups attached to an aromatic ring is 1. The number of nitrogens with zero attached hydrogens (tertiary/aromatic N) is 3. The summed E-state index contributed by atoms with van der Waals surface area (Å²) in [7, 11) is 0. The van der Waals surface area contributed by atoms with Crippen molar-refractivity contribution in [2.75, 3.05) is 5.73 Å². The number of fused-ring (bicyclic) bond motifs is 1. The van der Waals surface area contributed by atoms with E-state index < -0.39 is 11.6 Å². The lowest BCUT2D eigenvalue weighted by molar-refractivity contribution is 0.582. The zero-order valence-electron chi connectivity index (χ0n) is 9.44. The van der Waals surface area contributed by atoms with E-state index in [2.05, 4.69) is 9.97 Å². The van der Waals surface area contributed by atoms with Crippen LogP contribution in [-0.2, 0) is 0 Å². The molecule has 0 radical (unpaired) electrons. The van der Waals surface area contributed by atoms with Crippen LogP contribution in [0.15, 0.2) is 30.5 Å². The number of aromatic nitrogens is 3. The molecule has 2 N–H and O–H groups in total. The molecule has 0 aliphatic rings. The van der Waals surface area contributed by atoms with E-state index in [4.69, 9.17) is 17.3 Å². The molecule has 96 valence electrons. The zero-order valence-corrected chi connectivity index (χ0v) is 10.2. The van der Waals surface area contributed by atoms with E-state index in [1.54, 1.807) is 6.07 Å². The summed E-state index contributed by atoms with van der Waals surface area (Å²) in [5, 5.41) is 0.405. The highest BCUT2D eigenvalue weighted by atomic mass is 35.5. The van der Waals surface area contributed by atoms with Gasteiger partial charge in [-0.1, -0.05) is 11.6 Å². The maximum atomic E-state index is 13.3. The van der Waals surface area contributed by atoms with Crippen molar-refractivity contribution in [2.24, 2.45) is 0 Å². The van der Waals surface area contributed by atoms with Gasteiger partial charge in [-0.2, -0.15) is 0 Å². The van der Waals surface area contributed by atoms with Gasteiger partial charge in [0.2, 0.25) is 5.95 Å². The highest BCUT2D eigenvalue weighted by molar-refractivity contribution is 6.31. The molecule has 0 fully saturated rings. The summed E-state index contributed by atoms with van der Waals surface area (Å²) in [6.45, 7) is 0. The van der Waals surface area contributed by atoms with Crippen molar-refractivity contribution in [3.05, 3.63) is 47.1 Å². The van der Waals surface area contributed by atoms with Crippen molar-refractivity contribution < 1.29 is 8.78 Å².